The lowest BCUT2D eigenvalue weighted by molar-refractivity contribution is -0.121. The van der Waals surface area contributed by atoms with Gasteiger partial charge in [0, 0.05) is 23.8 Å². The normalized spacial score (nSPS) is 28.7. The van der Waals surface area contributed by atoms with E-state index in [4.69, 9.17) is 5.73 Å². The van der Waals surface area contributed by atoms with Crippen molar-refractivity contribution in [2.75, 3.05) is 12.8 Å². The molecule has 0 aromatic heterocycles. The zero-order valence-electron chi connectivity index (χ0n) is 9.66. The van der Waals surface area contributed by atoms with E-state index >= 15 is 0 Å². The molecule has 1 amide bonds. The van der Waals surface area contributed by atoms with Crippen molar-refractivity contribution in [3.05, 3.63) is 0 Å². The number of primary amides is 1. The molecule has 0 aliphatic heterocycles. The lowest BCUT2D eigenvalue weighted by Crippen LogP contribution is -2.40. The number of hydrogen-bond donors (Lipinski definition) is 2. The summed E-state index contributed by atoms with van der Waals surface area (Å²) < 4.78 is 0. The van der Waals surface area contributed by atoms with Crippen molar-refractivity contribution in [3.8, 4) is 0 Å². The quantitative estimate of drug-likeness (QED) is 0.750. The zero-order valence-corrected chi connectivity index (χ0v) is 10.5. The van der Waals surface area contributed by atoms with Gasteiger partial charge in [-0.3, -0.25) is 4.79 Å². The maximum atomic E-state index is 10.9. The SMILES string of the molecule is CSC1CCCC(NCC(C)C(N)=O)C1. The Balaban J connectivity index is 2.23. The molecule has 3 nitrogen and oxygen atoms in total. The van der Waals surface area contributed by atoms with Gasteiger partial charge in [0.15, 0.2) is 0 Å². The fourth-order valence-corrected chi connectivity index (χ4v) is 2.82. The molecule has 1 saturated carbocycles. The van der Waals surface area contributed by atoms with Crippen LogP contribution in [0.15, 0.2) is 0 Å². The third-order valence-corrected chi connectivity index (χ3v) is 4.25. The van der Waals surface area contributed by atoms with E-state index in [9.17, 15) is 4.79 Å². The molecule has 0 aromatic carbocycles. The van der Waals surface area contributed by atoms with E-state index in [2.05, 4.69) is 11.6 Å². The lowest BCUT2D eigenvalue weighted by atomic mass is 9.94. The molecular formula is C11H22N2OS. The van der Waals surface area contributed by atoms with Crippen molar-refractivity contribution in [1.82, 2.24) is 5.32 Å². The molecule has 0 heterocycles. The number of amides is 1. The fraction of sp³-hybridized carbons (Fsp3) is 0.909. The van der Waals surface area contributed by atoms with Crippen molar-refractivity contribution in [3.63, 3.8) is 0 Å². The lowest BCUT2D eigenvalue weighted by Gasteiger charge is -2.29. The highest BCUT2D eigenvalue weighted by Crippen LogP contribution is 2.26. The standard InChI is InChI=1S/C11H22N2OS/c1-8(11(12)14)7-13-9-4-3-5-10(6-9)15-2/h8-10,13H,3-7H2,1-2H3,(H2,12,14). The second-order valence-electron chi connectivity index (χ2n) is 4.43. The van der Waals surface area contributed by atoms with Crippen molar-refractivity contribution in [1.29, 1.82) is 0 Å². The van der Waals surface area contributed by atoms with Gasteiger partial charge in [-0.25, -0.2) is 0 Å². The van der Waals surface area contributed by atoms with Crippen LogP contribution < -0.4 is 11.1 Å². The van der Waals surface area contributed by atoms with E-state index in [-0.39, 0.29) is 11.8 Å². The number of carbonyl (C=O) groups is 1. The first-order valence-corrected chi connectivity index (χ1v) is 6.97. The van der Waals surface area contributed by atoms with Crippen LogP contribution >= 0.6 is 11.8 Å². The third-order valence-electron chi connectivity index (χ3n) is 3.16. The third kappa shape index (κ3) is 4.43. The van der Waals surface area contributed by atoms with Crippen molar-refractivity contribution < 1.29 is 4.79 Å². The number of rotatable bonds is 5. The summed E-state index contributed by atoms with van der Waals surface area (Å²) >= 11 is 1.96. The van der Waals surface area contributed by atoms with E-state index in [0.717, 1.165) is 11.8 Å². The molecule has 0 spiro atoms. The Bertz CT molecular complexity index is 211. The molecule has 1 aliphatic carbocycles. The Morgan fingerprint density at radius 3 is 2.93 bits per heavy atom. The van der Waals surface area contributed by atoms with Crippen LogP contribution in [0.3, 0.4) is 0 Å². The van der Waals surface area contributed by atoms with Crippen molar-refractivity contribution in [2.45, 2.75) is 43.9 Å². The monoisotopic (exact) mass is 230 g/mol. The molecule has 4 heteroatoms. The average molecular weight is 230 g/mol. The molecule has 3 N–H and O–H groups in total. The predicted molar refractivity (Wildman–Crippen MR) is 65.9 cm³/mol. The maximum Gasteiger partial charge on any atom is 0.221 e. The van der Waals surface area contributed by atoms with E-state index < -0.39 is 0 Å². The van der Waals surface area contributed by atoms with Crippen LogP contribution in [0.4, 0.5) is 0 Å². The molecule has 0 aromatic rings. The highest BCUT2D eigenvalue weighted by Gasteiger charge is 2.21. The molecule has 1 fully saturated rings. The molecule has 0 saturated heterocycles. The second-order valence-corrected chi connectivity index (χ2v) is 5.57. The first-order valence-electron chi connectivity index (χ1n) is 5.69. The van der Waals surface area contributed by atoms with Crippen molar-refractivity contribution in [2.24, 2.45) is 11.7 Å². The average Bonchev–Trinajstić information content (AvgIpc) is 2.26. The van der Waals surface area contributed by atoms with Crippen LogP contribution in [0.5, 0.6) is 0 Å². The van der Waals surface area contributed by atoms with Gasteiger partial charge in [0.25, 0.3) is 0 Å². The minimum absolute atomic E-state index is 0.0559. The molecule has 88 valence electrons. The number of thioether (sulfide) groups is 1. The van der Waals surface area contributed by atoms with Gasteiger partial charge in [0.05, 0.1) is 0 Å². The Morgan fingerprint density at radius 2 is 2.33 bits per heavy atom. The van der Waals surface area contributed by atoms with Gasteiger partial charge in [-0.1, -0.05) is 13.3 Å². The summed E-state index contributed by atoms with van der Waals surface area (Å²) in [5.41, 5.74) is 5.22. The second kappa shape index (κ2) is 6.38. The largest absolute Gasteiger partial charge is 0.369 e. The Morgan fingerprint density at radius 1 is 1.60 bits per heavy atom. The first-order chi connectivity index (χ1) is 7.13. The van der Waals surface area contributed by atoms with E-state index in [1.807, 2.05) is 18.7 Å². The maximum absolute atomic E-state index is 10.9. The van der Waals surface area contributed by atoms with E-state index in [0.29, 0.717) is 6.04 Å². The van der Waals surface area contributed by atoms with Crippen LogP contribution in [-0.2, 0) is 4.79 Å². The molecule has 1 aliphatic rings. The van der Waals surface area contributed by atoms with Gasteiger partial charge in [0.1, 0.15) is 0 Å². The fourth-order valence-electron chi connectivity index (χ4n) is 1.99. The highest BCUT2D eigenvalue weighted by molar-refractivity contribution is 7.99. The summed E-state index contributed by atoms with van der Waals surface area (Å²) in [5, 5.41) is 4.24. The van der Waals surface area contributed by atoms with Crippen LogP contribution in [0.2, 0.25) is 0 Å². The molecule has 15 heavy (non-hydrogen) atoms. The summed E-state index contributed by atoms with van der Waals surface area (Å²) in [6.07, 6.45) is 7.28. The Labute approximate surface area is 96.6 Å². The van der Waals surface area contributed by atoms with Gasteiger partial charge in [0.2, 0.25) is 5.91 Å². The van der Waals surface area contributed by atoms with Crippen LogP contribution in [-0.4, -0.2) is 30.0 Å². The highest BCUT2D eigenvalue weighted by atomic mass is 32.2. The molecule has 0 bridgehead atoms. The van der Waals surface area contributed by atoms with Gasteiger partial charge >= 0.3 is 0 Å². The molecule has 3 unspecified atom stereocenters. The zero-order chi connectivity index (χ0) is 11.3. The number of hydrogen-bond acceptors (Lipinski definition) is 3. The minimum atomic E-state index is -0.209. The predicted octanol–water partition coefficient (Wildman–Crippen LogP) is 1.37. The van der Waals surface area contributed by atoms with E-state index in [1.54, 1.807) is 0 Å². The Hall–Kier alpha value is -0.220. The Kier molecular flexibility index (Phi) is 5.47. The van der Waals surface area contributed by atoms with Gasteiger partial charge in [-0.05, 0) is 25.5 Å². The van der Waals surface area contributed by atoms with Crippen molar-refractivity contribution >= 4 is 17.7 Å². The number of nitrogens with two attached hydrogens (primary N) is 1. The summed E-state index contributed by atoms with van der Waals surface area (Å²) in [5.74, 6) is -0.264. The van der Waals surface area contributed by atoms with Gasteiger partial charge in [-0.15, -0.1) is 0 Å². The van der Waals surface area contributed by atoms with Crippen LogP contribution in [0.1, 0.15) is 32.6 Å². The topological polar surface area (TPSA) is 55.1 Å². The van der Waals surface area contributed by atoms with E-state index in [1.165, 1.54) is 25.7 Å². The first kappa shape index (κ1) is 12.8. The number of carbonyl (C=O) groups excluding carboxylic acids is 1. The van der Waals surface area contributed by atoms with Crippen LogP contribution in [0.25, 0.3) is 0 Å². The molecule has 0 radical (unpaired) electrons. The minimum Gasteiger partial charge on any atom is -0.369 e. The number of nitrogens with one attached hydrogen (secondary N) is 1. The summed E-state index contributed by atoms with van der Waals surface area (Å²) in [7, 11) is 0. The summed E-state index contributed by atoms with van der Waals surface area (Å²) in [6, 6.07) is 0.581. The molecule has 1 rings (SSSR count). The molecule has 3 atom stereocenters. The molecular weight excluding hydrogens is 208 g/mol. The smallest absolute Gasteiger partial charge is 0.221 e. The summed E-state index contributed by atoms with van der Waals surface area (Å²) in [4.78, 5) is 10.9. The van der Waals surface area contributed by atoms with Gasteiger partial charge in [-0.2, -0.15) is 11.8 Å². The summed E-state index contributed by atoms with van der Waals surface area (Å²) in [6.45, 7) is 2.60. The van der Waals surface area contributed by atoms with Crippen LogP contribution in [0, 0.1) is 5.92 Å². The van der Waals surface area contributed by atoms with Gasteiger partial charge < -0.3 is 11.1 Å².